The van der Waals surface area contributed by atoms with E-state index in [-0.39, 0.29) is 6.10 Å². The highest BCUT2D eigenvalue weighted by Gasteiger charge is 2.34. The molecule has 2 rings (SSSR count). The second-order valence-corrected chi connectivity index (χ2v) is 6.69. The molecule has 2 aliphatic rings. The smallest absolute Gasteiger partial charge is 0.0571 e. The van der Waals surface area contributed by atoms with E-state index in [0.29, 0.717) is 11.8 Å². The monoisotopic (exact) mass is 238 g/mol. The maximum absolute atomic E-state index is 10.4. The van der Waals surface area contributed by atoms with Crippen LogP contribution in [0.5, 0.6) is 0 Å². The molecule has 0 amide bonds. The summed E-state index contributed by atoms with van der Waals surface area (Å²) in [6.07, 6.45) is 12.0. The summed E-state index contributed by atoms with van der Waals surface area (Å²) in [4.78, 5) is 0. The van der Waals surface area contributed by atoms with Gasteiger partial charge in [-0.3, -0.25) is 0 Å². The second kappa shape index (κ2) is 6.22. The van der Waals surface area contributed by atoms with E-state index >= 15 is 0 Å². The number of fused-ring (bicyclic) bond motifs is 1. The van der Waals surface area contributed by atoms with Crippen molar-refractivity contribution in [3.05, 3.63) is 0 Å². The van der Waals surface area contributed by atoms with Crippen LogP contribution in [0.3, 0.4) is 0 Å². The van der Waals surface area contributed by atoms with Gasteiger partial charge >= 0.3 is 0 Å². The van der Waals surface area contributed by atoms with Gasteiger partial charge in [0.1, 0.15) is 0 Å². The third-order valence-corrected chi connectivity index (χ3v) is 5.47. The highest BCUT2D eigenvalue weighted by atomic mass is 16.3. The Morgan fingerprint density at radius 3 is 2.47 bits per heavy atom. The molecule has 0 aliphatic heterocycles. The van der Waals surface area contributed by atoms with Gasteiger partial charge < -0.3 is 5.11 Å². The molecule has 17 heavy (non-hydrogen) atoms. The summed E-state index contributed by atoms with van der Waals surface area (Å²) in [5, 5.41) is 10.4. The van der Waals surface area contributed by atoms with Crippen LogP contribution in [-0.2, 0) is 0 Å². The fourth-order valence-electron chi connectivity index (χ4n) is 4.03. The van der Waals surface area contributed by atoms with Gasteiger partial charge in [-0.05, 0) is 49.4 Å². The molecule has 0 heterocycles. The quantitative estimate of drug-likeness (QED) is 0.770. The molecule has 0 bridgehead atoms. The predicted octanol–water partition coefficient (Wildman–Crippen LogP) is 4.39. The molecule has 5 atom stereocenters. The molecule has 1 heteroatoms. The van der Waals surface area contributed by atoms with Crippen molar-refractivity contribution in [2.75, 3.05) is 0 Å². The maximum atomic E-state index is 10.4. The Hall–Kier alpha value is -0.0400. The van der Waals surface area contributed by atoms with E-state index in [1.54, 1.807) is 0 Å². The molecular weight excluding hydrogens is 208 g/mol. The highest BCUT2D eigenvalue weighted by Crippen LogP contribution is 2.44. The third-order valence-electron chi connectivity index (χ3n) is 5.47. The number of hydrogen-bond donors (Lipinski definition) is 1. The van der Waals surface area contributed by atoms with Gasteiger partial charge in [0.2, 0.25) is 0 Å². The fourth-order valence-corrected chi connectivity index (χ4v) is 4.03. The van der Waals surface area contributed by atoms with E-state index in [1.807, 2.05) is 0 Å². The Kier molecular flexibility index (Phi) is 4.90. The van der Waals surface area contributed by atoms with Crippen LogP contribution in [0.1, 0.15) is 71.6 Å². The zero-order chi connectivity index (χ0) is 12.3. The summed E-state index contributed by atoms with van der Waals surface area (Å²) in [5.74, 6) is 3.27. The lowest BCUT2D eigenvalue weighted by molar-refractivity contribution is 0.0230. The molecule has 0 aromatic carbocycles. The lowest BCUT2D eigenvalue weighted by Crippen LogP contribution is -2.33. The summed E-state index contributed by atoms with van der Waals surface area (Å²) < 4.78 is 0. The van der Waals surface area contributed by atoms with E-state index in [4.69, 9.17) is 0 Å². The van der Waals surface area contributed by atoms with Crippen LogP contribution < -0.4 is 0 Å². The summed E-state index contributed by atoms with van der Waals surface area (Å²) in [6, 6.07) is 0. The molecule has 2 aliphatic carbocycles. The van der Waals surface area contributed by atoms with E-state index < -0.39 is 0 Å². The fraction of sp³-hybridized carbons (Fsp3) is 1.00. The Balaban J connectivity index is 1.82. The van der Waals surface area contributed by atoms with Crippen LogP contribution >= 0.6 is 0 Å². The summed E-state index contributed by atoms with van der Waals surface area (Å²) in [6.45, 7) is 4.50. The van der Waals surface area contributed by atoms with Crippen molar-refractivity contribution in [2.45, 2.75) is 77.7 Å². The Labute approximate surface area is 107 Å². The van der Waals surface area contributed by atoms with E-state index in [9.17, 15) is 5.11 Å². The Morgan fingerprint density at radius 1 is 1.06 bits per heavy atom. The standard InChI is InChI=1S/C16H30O/c1-3-12(2)10-16(17)15-9-8-13-6-4-5-7-14(13)11-15/h12-17H,3-11H2,1-2H3. The number of aliphatic hydroxyl groups is 1. The number of rotatable bonds is 4. The minimum absolute atomic E-state index is 0.0205. The van der Waals surface area contributed by atoms with Crippen LogP contribution in [0.4, 0.5) is 0 Å². The Morgan fingerprint density at radius 2 is 1.76 bits per heavy atom. The van der Waals surface area contributed by atoms with E-state index in [2.05, 4.69) is 13.8 Å². The molecule has 0 aromatic heterocycles. The lowest BCUT2D eigenvalue weighted by atomic mass is 9.66. The van der Waals surface area contributed by atoms with Gasteiger partial charge in [-0.15, -0.1) is 0 Å². The average Bonchev–Trinajstić information content (AvgIpc) is 2.38. The van der Waals surface area contributed by atoms with Crippen molar-refractivity contribution in [1.82, 2.24) is 0 Å². The van der Waals surface area contributed by atoms with Gasteiger partial charge in [0.25, 0.3) is 0 Å². The minimum atomic E-state index is -0.0205. The molecule has 0 spiro atoms. The van der Waals surface area contributed by atoms with Crippen LogP contribution in [-0.4, -0.2) is 11.2 Å². The van der Waals surface area contributed by atoms with Crippen molar-refractivity contribution in [2.24, 2.45) is 23.7 Å². The van der Waals surface area contributed by atoms with Gasteiger partial charge in [0, 0.05) is 0 Å². The molecule has 0 saturated heterocycles. The first-order valence-electron chi connectivity index (χ1n) is 7.88. The molecule has 1 N–H and O–H groups in total. The van der Waals surface area contributed by atoms with Crippen molar-refractivity contribution < 1.29 is 5.11 Å². The van der Waals surface area contributed by atoms with Crippen molar-refractivity contribution in [1.29, 1.82) is 0 Å². The van der Waals surface area contributed by atoms with Crippen molar-refractivity contribution >= 4 is 0 Å². The predicted molar refractivity (Wildman–Crippen MR) is 72.9 cm³/mol. The first kappa shape index (κ1) is 13.4. The van der Waals surface area contributed by atoms with Crippen molar-refractivity contribution in [3.63, 3.8) is 0 Å². The van der Waals surface area contributed by atoms with Crippen LogP contribution in [0, 0.1) is 23.7 Å². The number of hydrogen-bond acceptors (Lipinski definition) is 1. The van der Waals surface area contributed by atoms with Crippen LogP contribution in [0.15, 0.2) is 0 Å². The maximum Gasteiger partial charge on any atom is 0.0571 e. The molecule has 0 radical (unpaired) electrons. The summed E-state index contributed by atoms with van der Waals surface area (Å²) in [7, 11) is 0. The van der Waals surface area contributed by atoms with Gasteiger partial charge in [-0.25, -0.2) is 0 Å². The normalized spacial score (nSPS) is 37.2. The minimum Gasteiger partial charge on any atom is -0.393 e. The molecule has 1 nitrogen and oxygen atoms in total. The SMILES string of the molecule is CCC(C)CC(O)C1CCC2CCCCC2C1. The van der Waals surface area contributed by atoms with Crippen molar-refractivity contribution in [3.8, 4) is 0 Å². The lowest BCUT2D eigenvalue weighted by Gasteiger charge is -2.41. The van der Waals surface area contributed by atoms with E-state index in [0.717, 1.165) is 18.3 Å². The molecule has 0 aromatic rings. The average molecular weight is 238 g/mol. The summed E-state index contributed by atoms with van der Waals surface area (Å²) in [5.41, 5.74) is 0. The van der Waals surface area contributed by atoms with Gasteiger partial charge in [-0.1, -0.05) is 46.0 Å². The number of aliphatic hydroxyl groups excluding tert-OH is 1. The van der Waals surface area contributed by atoms with Gasteiger partial charge in [-0.2, -0.15) is 0 Å². The van der Waals surface area contributed by atoms with Gasteiger partial charge in [0.15, 0.2) is 0 Å². The second-order valence-electron chi connectivity index (χ2n) is 6.69. The first-order chi connectivity index (χ1) is 8.20. The van der Waals surface area contributed by atoms with Crippen LogP contribution in [0.2, 0.25) is 0 Å². The molecular formula is C16H30O. The first-order valence-corrected chi connectivity index (χ1v) is 7.88. The molecule has 5 unspecified atom stereocenters. The summed E-state index contributed by atoms with van der Waals surface area (Å²) >= 11 is 0. The molecule has 2 saturated carbocycles. The zero-order valence-corrected chi connectivity index (χ0v) is 11.7. The largest absolute Gasteiger partial charge is 0.393 e. The molecule has 100 valence electrons. The third kappa shape index (κ3) is 3.47. The van der Waals surface area contributed by atoms with E-state index in [1.165, 1.54) is 51.4 Å². The van der Waals surface area contributed by atoms with Gasteiger partial charge in [0.05, 0.1) is 6.10 Å². The Bertz CT molecular complexity index is 226. The van der Waals surface area contributed by atoms with Crippen LogP contribution in [0.25, 0.3) is 0 Å². The zero-order valence-electron chi connectivity index (χ0n) is 11.7. The highest BCUT2D eigenvalue weighted by molar-refractivity contribution is 4.86. The topological polar surface area (TPSA) is 20.2 Å². The molecule has 2 fully saturated rings.